The van der Waals surface area contributed by atoms with Gasteiger partial charge < -0.3 is 45.3 Å². The van der Waals surface area contributed by atoms with Gasteiger partial charge in [-0.2, -0.15) is 0 Å². The smallest absolute Gasteiger partial charge is 0.262 e. The first-order valence-corrected chi connectivity index (χ1v) is 39.9. The van der Waals surface area contributed by atoms with Gasteiger partial charge >= 0.3 is 0 Å². The molecular weight excluding hydrogens is 1540 g/mol. The van der Waals surface area contributed by atoms with Crippen molar-refractivity contribution in [1.29, 1.82) is 0 Å². The van der Waals surface area contributed by atoms with Gasteiger partial charge in [-0.05, 0) is 197 Å². The van der Waals surface area contributed by atoms with E-state index in [0.29, 0.717) is 70.7 Å². The zero-order valence-corrected chi connectivity index (χ0v) is 67.6. The molecule has 0 aromatic heterocycles. The topological polar surface area (TPSA) is 272 Å². The van der Waals surface area contributed by atoms with E-state index in [2.05, 4.69) is 47.6 Å². The number of benzene rings is 13. The largest absolute Gasteiger partial charge is 0.457 e. The Labute approximate surface area is 703 Å². The van der Waals surface area contributed by atoms with Gasteiger partial charge in [0.15, 0.2) is 6.23 Å². The Morgan fingerprint density at radius 2 is 0.598 bits per heavy atom. The fourth-order valence-electron chi connectivity index (χ4n) is 15.2. The Balaban J connectivity index is 1.02. The number of carbonyl (C=O) groups is 9. The number of carbonyl (C=O) groups excluding carboxylic acids is 9. The lowest BCUT2D eigenvalue weighted by molar-refractivity contribution is -0.121. The molecule has 2 aliphatic rings. The lowest BCUT2D eigenvalue weighted by Gasteiger charge is -2.36. The number of hydrogen-bond donors (Lipinski definition) is 5. The molecule has 0 saturated heterocycles. The van der Waals surface area contributed by atoms with E-state index in [4.69, 9.17) is 18.9 Å². The summed E-state index contributed by atoms with van der Waals surface area (Å²) in [6.07, 6.45) is -0.253. The van der Waals surface area contributed by atoms with Crippen LogP contribution in [-0.4, -0.2) is 107 Å². The van der Waals surface area contributed by atoms with E-state index in [1.165, 1.54) is 21.9 Å². The van der Waals surface area contributed by atoms with Gasteiger partial charge in [0.2, 0.25) is 23.6 Å². The summed E-state index contributed by atoms with van der Waals surface area (Å²) in [5, 5.41) is 26.6. The number of para-hydroxylation sites is 4. The van der Waals surface area contributed by atoms with E-state index < -0.39 is 48.9 Å². The zero-order chi connectivity index (χ0) is 85.6. The third kappa shape index (κ3) is 17.1. The number of aliphatic hydroxyl groups is 1. The third-order valence-electron chi connectivity index (χ3n) is 21.3. The van der Waals surface area contributed by atoms with Crippen molar-refractivity contribution in [2.24, 2.45) is 0 Å². The fraction of sp³-hybridized carbons (Fsp3) is 0.150. The Morgan fingerprint density at radius 3 is 0.885 bits per heavy atom. The number of nitrogens with one attached hydrogen (secondary N) is 4. The van der Waals surface area contributed by atoms with Crippen molar-refractivity contribution in [1.82, 2.24) is 31.1 Å². The van der Waals surface area contributed by atoms with Gasteiger partial charge in [-0.1, -0.05) is 148 Å². The van der Waals surface area contributed by atoms with E-state index in [1.807, 2.05) is 60.7 Å². The average molecular weight is 1620 g/mol. The number of hydrogen-bond acceptors (Lipinski definition) is 14. The van der Waals surface area contributed by atoms with Gasteiger partial charge in [0.25, 0.3) is 29.5 Å². The number of aliphatic hydroxyl groups excluding tert-OH is 1. The lowest BCUT2D eigenvalue weighted by atomic mass is 9.80. The second-order valence-corrected chi connectivity index (χ2v) is 30.2. The zero-order valence-electron chi connectivity index (χ0n) is 67.6. The SMILES string of the molecule is C=C(C)C(=O)NCCc1ccc(Oc2cc3c4c(cc(Oc5ccc(CCNC(=O)C(=C)C)cc5)c5c6c(Oc7ccc(CCNC(=O)C(=C)C)cc7)cc7c8c(cc(Oc9ccc(CCNC(=O)C(=C)C)cc9)c(c2c45)c86)C(=O)N(CC(=O)N(c2ccccc2)c2ccccc2)C7O)C(=O)N(CC(=O)N(c2ccccc2)c2ccccc2)C3=O)cc1. The van der Waals surface area contributed by atoms with Crippen LogP contribution in [0.2, 0.25) is 0 Å². The molecule has 0 radical (unpaired) electrons. The van der Waals surface area contributed by atoms with Gasteiger partial charge in [0, 0.05) is 120 Å². The van der Waals surface area contributed by atoms with E-state index in [1.54, 1.807) is 198 Å². The molecule has 0 bridgehead atoms. The van der Waals surface area contributed by atoms with Crippen molar-refractivity contribution in [3.8, 4) is 46.0 Å². The van der Waals surface area contributed by atoms with Gasteiger partial charge in [-0.3, -0.25) is 62.8 Å². The van der Waals surface area contributed by atoms with Gasteiger partial charge in [-0.15, -0.1) is 0 Å². The summed E-state index contributed by atoms with van der Waals surface area (Å²) in [5.41, 5.74) is 6.44. The van der Waals surface area contributed by atoms with E-state index in [0.717, 1.165) is 32.1 Å². The van der Waals surface area contributed by atoms with Crippen molar-refractivity contribution in [2.75, 3.05) is 49.1 Å². The maximum atomic E-state index is 16.5. The molecule has 1 atom stereocenters. The molecule has 13 aromatic carbocycles. The second kappa shape index (κ2) is 35.5. The molecule has 122 heavy (non-hydrogen) atoms. The fourth-order valence-corrected chi connectivity index (χ4v) is 15.2. The highest BCUT2D eigenvalue weighted by molar-refractivity contribution is 6.43. The molecule has 2 heterocycles. The predicted molar refractivity (Wildman–Crippen MR) is 471 cm³/mol. The highest BCUT2D eigenvalue weighted by Gasteiger charge is 2.44. The first kappa shape index (κ1) is 81.8. The maximum absolute atomic E-state index is 16.5. The summed E-state index contributed by atoms with van der Waals surface area (Å²) in [6, 6.07) is 70.2. The number of imide groups is 1. The lowest BCUT2D eigenvalue weighted by Crippen LogP contribution is -2.46. The monoisotopic (exact) mass is 1620 g/mol. The Morgan fingerprint density at radius 1 is 0.336 bits per heavy atom. The summed E-state index contributed by atoms with van der Waals surface area (Å²) in [5.74, 6) is -3.98. The number of rotatable bonds is 32. The van der Waals surface area contributed by atoms with Gasteiger partial charge in [0.1, 0.15) is 59.1 Å². The molecule has 15 rings (SSSR count). The average Bonchev–Trinajstić information content (AvgIpc) is 0.670. The van der Waals surface area contributed by atoms with Crippen LogP contribution in [-0.2, 0) is 54.5 Å². The Hall–Kier alpha value is -15.3. The van der Waals surface area contributed by atoms with Crippen LogP contribution in [0.1, 0.15) is 92.8 Å². The Kier molecular flexibility index (Phi) is 23.8. The molecule has 0 aliphatic carbocycles. The van der Waals surface area contributed by atoms with Crippen molar-refractivity contribution >= 4 is 119 Å². The third-order valence-corrected chi connectivity index (χ3v) is 21.3. The molecule has 2 aliphatic heterocycles. The second-order valence-electron chi connectivity index (χ2n) is 30.2. The van der Waals surface area contributed by atoms with Crippen molar-refractivity contribution in [3.05, 3.63) is 336 Å². The molecule has 0 saturated carbocycles. The summed E-state index contributed by atoms with van der Waals surface area (Å²) in [7, 11) is 0. The number of fused-ring (bicyclic) bond motifs is 2. The number of nitrogens with zero attached hydrogens (tertiary/aromatic N) is 4. The molecule has 0 fully saturated rings. The molecule has 5 N–H and O–H groups in total. The Bertz CT molecular complexity index is 6130. The number of amides is 9. The minimum Gasteiger partial charge on any atom is -0.457 e. The van der Waals surface area contributed by atoms with Gasteiger partial charge in [0.05, 0.1) is 16.7 Å². The molecule has 9 amide bonds. The summed E-state index contributed by atoms with van der Waals surface area (Å²) in [4.78, 5) is 136. The quantitative estimate of drug-likeness (QED) is 0.0114. The van der Waals surface area contributed by atoms with Crippen LogP contribution in [0.4, 0.5) is 22.7 Å². The molecular formula is C100H86N8O14. The van der Waals surface area contributed by atoms with Crippen LogP contribution in [0.5, 0.6) is 46.0 Å². The minimum atomic E-state index is -1.90. The van der Waals surface area contributed by atoms with Crippen molar-refractivity contribution in [3.63, 3.8) is 0 Å². The van der Waals surface area contributed by atoms with Crippen molar-refractivity contribution < 1.29 is 67.2 Å². The predicted octanol–water partition coefficient (Wildman–Crippen LogP) is 17.6. The minimum absolute atomic E-state index is 0.00362. The molecule has 610 valence electrons. The highest BCUT2D eigenvalue weighted by Crippen LogP contribution is 2.59. The summed E-state index contributed by atoms with van der Waals surface area (Å²) in [6.45, 7) is 21.2. The molecule has 22 heteroatoms. The number of ether oxygens (including phenoxy) is 4. The van der Waals surface area contributed by atoms with Crippen LogP contribution in [0.3, 0.4) is 0 Å². The first-order valence-electron chi connectivity index (χ1n) is 39.9. The van der Waals surface area contributed by atoms with Crippen LogP contribution >= 0.6 is 0 Å². The van der Waals surface area contributed by atoms with Crippen LogP contribution < -0.4 is 50.0 Å². The molecule has 13 aromatic rings. The summed E-state index contributed by atoms with van der Waals surface area (Å²) >= 11 is 0. The van der Waals surface area contributed by atoms with E-state index in [-0.39, 0.29) is 161 Å². The molecule has 0 spiro atoms. The maximum Gasteiger partial charge on any atom is 0.262 e. The van der Waals surface area contributed by atoms with E-state index in [9.17, 15) is 24.3 Å². The summed E-state index contributed by atoms with van der Waals surface area (Å²) < 4.78 is 29.4. The normalized spacial score (nSPS) is 12.7. The standard InChI is InChI=1S/C100H86N8O14/c1-59(2)93(111)101-49-45-63-29-37-71(38-30-63)119-79-53-75-85-76(98(116)105(97(75)115)57-83(109)107(67-21-13-9-14-22-67)68-23-15-10-16-24-68)55-81(121-73-41-33-65(34-42-73)47-51-103-95(113)61(5)6)89-90-82(122-74-43-35-66(36-44-74)48-52-104-96(114)62(7)8)56-78-86-77(99(117)106(100(78)118)58-84(110)108(69-25-17-11-18-26-69)70-27-19-12-20-28-70)54-80(88(92(86)90)87(79)91(85)89)120-72-39-31-64(32-40-72)46-50-102-94(112)60(3)4/h9-44,53-56,97,115H,1,3,5,7,45-52,57-58H2,2,4,6,8H3,(H,101,111)(H,102,112)(H,103,113)(H,104,114). The van der Waals surface area contributed by atoms with Gasteiger partial charge in [-0.25, -0.2) is 0 Å². The van der Waals surface area contributed by atoms with Crippen molar-refractivity contribution in [2.45, 2.75) is 59.6 Å². The molecule has 22 nitrogen and oxygen atoms in total. The number of anilines is 4. The van der Waals surface area contributed by atoms with Crippen LogP contribution in [0.15, 0.2) is 291 Å². The highest BCUT2D eigenvalue weighted by atomic mass is 16.5. The van der Waals surface area contributed by atoms with E-state index >= 15 is 24.0 Å². The van der Waals surface area contributed by atoms with Crippen LogP contribution in [0, 0.1) is 0 Å². The van der Waals surface area contributed by atoms with Crippen LogP contribution in [0.25, 0.3) is 43.1 Å². The molecule has 1 unspecified atom stereocenters. The first-order chi connectivity index (χ1) is 59.0.